The Labute approximate surface area is 176 Å². The van der Waals surface area contributed by atoms with Crippen molar-refractivity contribution in [3.63, 3.8) is 0 Å². The van der Waals surface area contributed by atoms with Gasteiger partial charge in [-0.05, 0) is 55.2 Å². The number of hydrogen-bond acceptors (Lipinski definition) is 4. The Morgan fingerprint density at radius 1 is 0.900 bits per heavy atom. The molecule has 2 aromatic heterocycles. The Bertz CT molecular complexity index is 1110. The number of nitrogens with one attached hydrogen (secondary N) is 2. The van der Waals surface area contributed by atoms with Gasteiger partial charge in [0, 0.05) is 37.5 Å². The second-order valence-electron chi connectivity index (χ2n) is 8.32. The minimum atomic E-state index is -0.432. The van der Waals surface area contributed by atoms with E-state index in [1.54, 1.807) is 0 Å². The van der Waals surface area contributed by atoms with E-state index in [0.29, 0.717) is 17.9 Å². The van der Waals surface area contributed by atoms with Gasteiger partial charge in [-0.1, -0.05) is 36.4 Å². The molecule has 4 rings (SSSR count). The molecule has 0 spiro atoms. The largest absolute Gasteiger partial charge is 0.363 e. The maximum atomic E-state index is 12.7. The summed E-state index contributed by atoms with van der Waals surface area (Å²) in [5.74, 6) is 1.57. The summed E-state index contributed by atoms with van der Waals surface area (Å²) in [7, 11) is 3.88. The fourth-order valence-corrected chi connectivity index (χ4v) is 4.49. The van der Waals surface area contributed by atoms with Crippen molar-refractivity contribution in [3.05, 3.63) is 91.9 Å². The van der Waals surface area contributed by atoms with Gasteiger partial charge in [0.1, 0.15) is 5.82 Å². The van der Waals surface area contributed by atoms with Crippen LogP contribution in [0.3, 0.4) is 0 Å². The number of aromatic amines is 2. The van der Waals surface area contributed by atoms with Crippen LogP contribution >= 0.6 is 0 Å². The van der Waals surface area contributed by atoms with Gasteiger partial charge in [0.25, 0.3) is 5.56 Å². The van der Waals surface area contributed by atoms with Crippen LogP contribution in [0, 0.1) is 0 Å². The second-order valence-corrected chi connectivity index (χ2v) is 8.32. The van der Waals surface area contributed by atoms with Crippen LogP contribution < -0.4 is 16.1 Å². The molecule has 1 fully saturated rings. The predicted octanol–water partition coefficient (Wildman–Crippen LogP) is 3.56. The van der Waals surface area contributed by atoms with Crippen LogP contribution in [0.5, 0.6) is 0 Å². The molecule has 30 heavy (non-hydrogen) atoms. The lowest BCUT2D eigenvalue weighted by Gasteiger charge is -2.29. The summed E-state index contributed by atoms with van der Waals surface area (Å²) in [5, 5.41) is 0. The summed E-state index contributed by atoms with van der Waals surface area (Å²) in [4.78, 5) is 36.7. The summed E-state index contributed by atoms with van der Waals surface area (Å²) >= 11 is 0. The molecule has 0 atom stereocenters. The Morgan fingerprint density at radius 2 is 1.60 bits per heavy atom. The van der Waals surface area contributed by atoms with E-state index in [4.69, 9.17) is 0 Å². The van der Waals surface area contributed by atoms with Crippen LogP contribution in [0.2, 0.25) is 0 Å². The zero-order valence-corrected chi connectivity index (χ0v) is 17.5. The van der Waals surface area contributed by atoms with Gasteiger partial charge >= 0.3 is 5.69 Å². The summed E-state index contributed by atoms with van der Waals surface area (Å²) in [5.41, 5.74) is 2.86. The highest BCUT2D eigenvalue weighted by atomic mass is 16.2. The highest BCUT2D eigenvalue weighted by molar-refractivity contribution is 5.38. The molecular formula is C24H28N4O2. The Morgan fingerprint density at radius 3 is 2.30 bits per heavy atom. The molecule has 3 aromatic rings. The topological polar surface area (TPSA) is 81.9 Å². The van der Waals surface area contributed by atoms with E-state index in [-0.39, 0.29) is 11.5 Å². The van der Waals surface area contributed by atoms with Gasteiger partial charge in [0.05, 0.1) is 0 Å². The number of hydrogen-bond donors (Lipinski definition) is 2. The zero-order valence-electron chi connectivity index (χ0n) is 17.5. The van der Waals surface area contributed by atoms with E-state index in [2.05, 4.69) is 39.2 Å². The van der Waals surface area contributed by atoms with Crippen LogP contribution in [0.4, 0.5) is 5.82 Å². The minimum Gasteiger partial charge on any atom is -0.363 e. The van der Waals surface area contributed by atoms with E-state index < -0.39 is 5.69 Å². The molecule has 156 valence electrons. The maximum absolute atomic E-state index is 12.7. The fraction of sp³-hybridized carbons (Fsp3) is 0.375. The minimum absolute atomic E-state index is 0.187. The average molecular weight is 405 g/mol. The lowest BCUT2D eigenvalue weighted by Crippen LogP contribution is -2.30. The first-order valence-corrected chi connectivity index (χ1v) is 10.5. The normalized spacial score (nSPS) is 18.9. The van der Waals surface area contributed by atoms with Gasteiger partial charge in [0.2, 0.25) is 0 Å². The molecule has 6 nitrogen and oxygen atoms in total. The van der Waals surface area contributed by atoms with Gasteiger partial charge < -0.3 is 9.88 Å². The van der Waals surface area contributed by atoms with Gasteiger partial charge in [0.15, 0.2) is 0 Å². The molecule has 0 radical (unpaired) electrons. The Hall–Kier alpha value is -3.15. The molecule has 0 aliphatic heterocycles. The fourth-order valence-electron chi connectivity index (χ4n) is 4.49. The molecule has 1 saturated carbocycles. The Balaban J connectivity index is 1.59. The number of pyridine rings is 1. The van der Waals surface area contributed by atoms with Crippen molar-refractivity contribution in [1.82, 2.24) is 15.0 Å². The van der Waals surface area contributed by atoms with E-state index in [0.717, 1.165) is 42.9 Å². The van der Waals surface area contributed by atoms with Gasteiger partial charge in [-0.25, -0.2) is 9.78 Å². The number of benzene rings is 1. The zero-order chi connectivity index (χ0) is 21.1. The first-order chi connectivity index (χ1) is 14.5. The smallest absolute Gasteiger partial charge is 0.325 e. The highest BCUT2D eigenvalue weighted by Crippen LogP contribution is 2.40. The SMILES string of the molecule is CN(C)c1cccc(Cc2c(C3CCC(c4ccccc4)CC3)[nH]c(=O)[nH]c2=O)n1. The lowest BCUT2D eigenvalue weighted by molar-refractivity contribution is 0.388. The van der Waals surface area contributed by atoms with Crippen molar-refractivity contribution in [2.45, 2.75) is 43.9 Å². The molecule has 1 aromatic carbocycles. The number of rotatable bonds is 5. The van der Waals surface area contributed by atoms with Gasteiger partial charge in [-0.15, -0.1) is 0 Å². The Kier molecular flexibility index (Phi) is 5.84. The van der Waals surface area contributed by atoms with E-state index in [9.17, 15) is 9.59 Å². The van der Waals surface area contributed by atoms with Crippen molar-refractivity contribution in [2.75, 3.05) is 19.0 Å². The standard InChI is InChI=1S/C24H28N4O2/c1-28(2)21-10-6-9-19(25-21)15-20-22(26-24(30)27-23(20)29)18-13-11-17(12-14-18)16-7-4-3-5-8-16/h3-10,17-18H,11-15H2,1-2H3,(H2,26,27,29,30). The molecule has 2 N–H and O–H groups in total. The second kappa shape index (κ2) is 8.69. The molecule has 0 bridgehead atoms. The monoisotopic (exact) mass is 404 g/mol. The quantitative estimate of drug-likeness (QED) is 0.681. The van der Waals surface area contributed by atoms with E-state index in [1.165, 1.54) is 5.56 Å². The van der Waals surface area contributed by atoms with Crippen molar-refractivity contribution in [3.8, 4) is 0 Å². The van der Waals surface area contributed by atoms with Crippen LogP contribution in [0.15, 0.2) is 58.1 Å². The lowest BCUT2D eigenvalue weighted by atomic mass is 9.76. The van der Waals surface area contributed by atoms with Crippen molar-refractivity contribution >= 4 is 5.82 Å². The molecule has 1 aliphatic rings. The first-order valence-electron chi connectivity index (χ1n) is 10.5. The molecule has 1 aliphatic carbocycles. The van der Waals surface area contributed by atoms with Gasteiger partial charge in [-0.3, -0.25) is 9.78 Å². The van der Waals surface area contributed by atoms with E-state index >= 15 is 0 Å². The number of nitrogens with zero attached hydrogens (tertiary/aromatic N) is 2. The maximum Gasteiger partial charge on any atom is 0.325 e. The van der Waals surface area contributed by atoms with E-state index in [1.807, 2.05) is 43.3 Å². The van der Waals surface area contributed by atoms with Crippen LogP contribution in [-0.2, 0) is 6.42 Å². The number of anilines is 1. The molecular weight excluding hydrogens is 376 g/mol. The third kappa shape index (κ3) is 4.37. The summed E-state index contributed by atoms with van der Waals surface area (Å²) in [6, 6.07) is 16.4. The molecule has 0 unspecified atom stereocenters. The third-order valence-electron chi connectivity index (χ3n) is 6.09. The first kappa shape index (κ1) is 20.1. The van der Waals surface area contributed by atoms with Gasteiger partial charge in [-0.2, -0.15) is 0 Å². The van der Waals surface area contributed by atoms with Crippen molar-refractivity contribution in [2.24, 2.45) is 0 Å². The molecule has 6 heteroatoms. The highest BCUT2D eigenvalue weighted by Gasteiger charge is 2.27. The molecule has 0 saturated heterocycles. The van der Waals surface area contributed by atoms with Crippen LogP contribution in [0.25, 0.3) is 0 Å². The molecule has 0 amide bonds. The van der Waals surface area contributed by atoms with Crippen LogP contribution in [0.1, 0.15) is 60.0 Å². The third-order valence-corrected chi connectivity index (χ3v) is 6.09. The summed E-state index contributed by atoms with van der Waals surface area (Å²) in [6.45, 7) is 0. The predicted molar refractivity (Wildman–Crippen MR) is 119 cm³/mol. The number of aromatic nitrogens is 3. The average Bonchev–Trinajstić information content (AvgIpc) is 2.76. The number of H-pyrrole nitrogens is 2. The summed E-state index contributed by atoms with van der Waals surface area (Å²) in [6.07, 6.45) is 4.42. The van der Waals surface area contributed by atoms with Crippen molar-refractivity contribution < 1.29 is 0 Å². The van der Waals surface area contributed by atoms with Crippen molar-refractivity contribution in [1.29, 1.82) is 0 Å². The van der Waals surface area contributed by atoms with Crippen LogP contribution in [-0.4, -0.2) is 29.0 Å². The summed E-state index contributed by atoms with van der Waals surface area (Å²) < 4.78 is 0. The molecule has 2 heterocycles.